The van der Waals surface area contributed by atoms with E-state index in [0.717, 1.165) is 31.2 Å². The molecule has 0 spiro atoms. The molecule has 2 radical (unpaired) electrons. The first kappa shape index (κ1) is 24.0. The number of hydrogen-bond acceptors (Lipinski definition) is 0. The minimum atomic E-state index is 0.936. The summed E-state index contributed by atoms with van der Waals surface area (Å²) < 4.78 is 0. The van der Waals surface area contributed by atoms with Crippen LogP contribution in [0.1, 0.15) is 83.1 Å². The molecule has 156 valence electrons. The summed E-state index contributed by atoms with van der Waals surface area (Å²) in [4.78, 5) is 0. The monoisotopic (exact) mass is 396 g/mol. The lowest BCUT2D eigenvalue weighted by Gasteiger charge is -2.26. The molecule has 0 aliphatic heterocycles. The molecular formula is C29H37B. The van der Waals surface area contributed by atoms with Crippen molar-refractivity contribution in [2.75, 3.05) is 0 Å². The highest BCUT2D eigenvalue weighted by Crippen LogP contribution is 2.40. The molecule has 0 amide bonds. The van der Waals surface area contributed by atoms with Gasteiger partial charge in [0.15, 0.2) is 0 Å². The second kappa shape index (κ2) is 10.7. The van der Waals surface area contributed by atoms with Crippen molar-refractivity contribution in [3.8, 4) is 0 Å². The minimum Gasteiger partial charge on any atom is -0.118 e. The lowest BCUT2D eigenvalue weighted by atomic mass is 9.78. The van der Waals surface area contributed by atoms with Gasteiger partial charge in [-0.1, -0.05) is 61.9 Å². The zero-order chi connectivity index (χ0) is 22.4. The van der Waals surface area contributed by atoms with Crippen LogP contribution in [0.5, 0.6) is 0 Å². The maximum absolute atomic E-state index is 6.15. The van der Waals surface area contributed by atoms with E-state index in [-0.39, 0.29) is 0 Å². The Morgan fingerprint density at radius 3 is 2.40 bits per heavy atom. The molecule has 2 rings (SSSR count). The first-order valence-electron chi connectivity index (χ1n) is 11.2. The van der Waals surface area contributed by atoms with Gasteiger partial charge in [0.1, 0.15) is 7.85 Å². The van der Waals surface area contributed by atoms with E-state index in [0.29, 0.717) is 0 Å². The fourth-order valence-corrected chi connectivity index (χ4v) is 4.21. The molecule has 1 aromatic rings. The topological polar surface area (TPSA) is 0 Å². The molecule has 0 N–H and O–H groups in total. The van der Waals surface area contributed by atoms with Crippen molar-refractivity contribution >= 4 is 19.5 Å². The van der Waals surface area contributed by atoms with Gasteiger partial charge in [-0.3, -0.25) is 0 Å². The zero-order valence-electron chi connectivity index (χ0n) is 20.1. The van der Waals surface area contributed by atoms with Gasteiger partial charge in [-0.2, -0.15) is 0 Å². The highest BCUT2D eigenvalue weighted by atomic mass is 14.3. The zero-order valence-corrected chi connectivity index (χ0v) is 20.1. The third-order valence-electron chi connectivity index (χ3n) is 6.41. The Balaban J connectivity index is 2.84. The van der Waals surface area contributed by atoms with E-state index >= 15 is 0 Å². The molecule has 1 aliphatic rings. The molecule has 0 unspecified atom stereocenters. The SMILES string of the molecule is [B]\C(=C/C=C(C)\C(C)=C1\C(C)=C(\C)C(=C)CCc2ccc(/C=C\C)c(C)c21)CCC. The van der Waals surface area contributed by atoms with Crippen LogP contribution in [0.15, 0.2) is 70.3 Å². The van der Waals surface area contributed by atoms with Crippen molar-refractivity contribution in [2.45, 2.75) is 74.1 Å². The van der Waals surface area contributed by atoms with Crippen LogP contribution in [-0.2, 0) is 6.42 Å². The van der Waals surface area contributed by atoms with Crippen molar-refractivity contribution in [1.29, 1.82) is 0 Å². The summed E-state index contributed by atoms with van der Waals surface area (Å²) in [5.74, 6) is 0. The van der Waals surface area contributed by atoms with Gasteiger partial charge in [0, 0.05) is 0 Å². The van der Waals surface area contributed by atoms with E-state index in [9.17, 15) is 0 Å². The Morgan fingerprint density at radius 1 is 1.07 bits per heavy atom. The van der Waals surface area contributed by atoms with Gasteiger partial charge in [-0.25, -0.2) is 0 Å². The average molecular weight is 396 g/mol. The van der Waals surface area contributed by atoms with Crippen LogP contribution >= 0.6 is 0 Å². The van der Waals surface area contributed by atoms with Gasteiger partial charge < -0.3 is 0 Å². The molecule has 0 aromatic heterocycles. The Bertz CT molecular complexity index is 974. The third kappa shape index (κ3) is 5.25. The summed E-state index contributed by atoms with van der Waals surface area (Å²) in [6.45, 7) is 19.8. The number of rotatable bonds is 5. The van der Waals surface area contributed by atoms with E-state index in [1.807, 2.05) is 0 Å². The van der Waals surface area contributed by atoms with Crippen LogP contribution in [0.4, 0.5) is 0 Å². The minimum absolute atomic E-state index is 0.936. The van der Waals surface area contributed by atoms with E-state index < -0.39 is 0 Å². The molecule has 1 aromatic carbocycles. The highest BCUT2D eigenvalue weighted by molar-refractivity contribution is 6.21. The van der Waals surface area contributed by atoms with Crippen molar-refractivity contribution in [3.05, 3.63) is 92.5 Å². The summed E-state index contributed by atoms with van der Waals surface area (Å²) in [6, 6.07) is 4.57. The predicted octanol–water partition coefficient (Wildman–Crippen LogP) is 8.44. The number of aryl methyl sites for hydroxylation is 1. The van der Waals surface area contributed by atoms with Gasteiger partial charge in [0.2, 0.25) is 0 Å². The maximum atomic E-state index is 6.15. The Labute approximate surface area is 186 Å². The predicted molar refractivity (Wildman–Crippen MR) is 137 cm³/mol. The molecule has 0 atom stereocenters. The van der Waals surface area contributed by atoms with Crippen molar-refractivity contribution in [2.24, 2.45) is 0 Å². The Morgan fingerprint density at radius 2 is 1.77 bits per heavy atom. The molecule has 1 aliphatic carbocycles. The standard InChI is InChI=1S/C29H37B/c1-9-11-25-16-17-26-15-13-19(3)21(5)23(7)28(29(26)24(25)8)22(6)20(4)14-18-27(30)12-10-2/h9,11,14,16-18H,3,10,12-13,15H2,1-2,4-8H3/b11-9-,20-14-,23-21-,27-18-,28-22-. The van der Waals surface area contributed by atoms with Gasteiger partial charge in [-0.15, -0.1) is 5.47 Å². The smallest absolute Gasteiger partial charge is 0.107 e. The van der Waals surface area contributed by atoms with Crippen molar-refractivity contribution in [3.63, 3.8) is 0 Å². The maximum Gasteiger partial charge on any atom is 0.107 e. The van der Waals surface area contributed by atoms with Crippen LogP contribution in [0.2, 0.25) is 0 Å². The Hall–Kier alpha value is -2.28. The molecule has 0 nitrogen and oxygen atoms in total. The van der Waals surface area contributed by atoms with E-state index in [1.165, 1.54) is 55.7 Å². The first-order valence-corrected chi connectivity index (χ1v) is 11.2. The molecule has 0 saturated heterocycles. The summed E-state index contributed by atoms with van der Waals surface area (Å²) in [6.07, 6.45) is 12.6. The van der Waals surface area contributed by atoms with Gasteiger partial charge in [0.05, 0.1) is 0 Å². The molecule has 1 heteroatoms. The van der Waals surface area contributed by atoms with E-state index in [2.05, 4.69) is 91.5 Å². The van der Waals surface area contributed by atoms with Crippen LogP contribution in [0, 0.1) is 6.92 Å². The summed E-state index contributed by atoms with van der Waals surface area (Å²) in [7, 11) is 6.15. The second-order valence-electron chi connectivity index (χ2n) is 8.51. The molecule has 30 heavy (non-hydrogen) atoms. The number of allylic oxidation sites excluding steroid dienone is 10. The molecule has 0 bridgehead atoms. The third-order valence-corrected chi connectivity index (χ3v) is 6.41. The second-order valence-corrected chi connectivity index (χ2v) is 8.51. The van der Waals surface area contributed by atoms with Crippen LogP contribution in [-0.4, -0.2) is 7.85 Å². The first-order chi connectivity index (χ1) is 14.2. The largest absolute Gasteiger partial charge is 0.118 e. The summed E-state index contributed by atoms with van der Waals surface area (Å²) >= 11 is 0. The fraction of sp³-hybridized carbons (Fsp3) is 0.379. The number of fused-ring (bicyclic) bond motifs is 1. The van der Waals surface area contributed by atoms with E-state index in [1.54, 1.807) is 0 Å². The average Bonchev–Trinajstić information content (AvgIpc) is 2.72. The quantitative estimate of drug-likeness (QED) is 0.346. The molecule has 0 saturated carbocycles. The molecular weight excluding hydrogens is 359 g/mol. The van der Waals surface area contributed by atoms with Gasteiger partial charge >= 0.3 is 0 Å². The number of hydrogen-bond donors (Lipinski definition) is 0. The lowest BCUT2D eigenvalue weighted by molar-refractivity contribution is 0.932. The van der Waals surface area contributed by atoms with Crippen LogP contribution < -0.4 is 0 Å². The van der Waals surface area contributed by atoms with Crippen molar-refractivity contribution < 1.29 is 0 Å². The van der Waals surface area contributed by atoms with E-state index in [4.69, 9.17) is 7.85 Å². The summed E-state index contributed by atoms with van der Waals surface area (Å²) in [5.41, 5.74) is 14.2. The van der Waals surface area contributed by atoms with Gasteiger partial charge in [0.25, 0.3) is 0 Å². The van der Waals surface area contributed by atoms with Crippen molar-refractivity contribution in [1.82, 2.24) is 0 Å². The molecule has 0 heterocycles. The normalized spacial score (nSPS) is 20.3. The number of benzene rings is 1. The Kier molecular flexibility index (Phi) is 8.53. The fourth-order valence-electron chi connectivity index (χ4n) is 4.21. The van der Waals surface area contributed by atoms with Crippen LogP contribution in [0.3, 0.4) is 0 Å². The lowest BCUT2D eigenvalue weighted by Crippen LogP contribution is -2.08. The molecule has 0 fully saturated rings. The summed E-state index contributed by atoms with van der Waals surface area (Å²) in [5, 5.41) is 0. The highest BCUT2D eigenvalue weighted by Gasteiger charge is 2.21. The van der Waals surface area contributed by atoms with Crippen LogP contribution in [0.25, 0.3) is 11.6 Å². The van der Waals surface area contributed by atoms with Gasteiger partial charge in [-0.05, 0) is 111 Å².